The number of carbonyl (C=O) groups is 1. The number of likely N-dealkylation sites (tertiary alicyclic amines) is 1. The normalized spacial score (nSPS) is 51.0. The Balaban J connectivity index is 1.72. The van der Waals surface area contributed by atoms with E-state index < -0.39 is 0 Å². The van der Waals surface area contributed by atoms with E-state index in [1.54, 1.807) is 0 Å². The van der Waals surface area contributed by atoms with Crippen LogP contribution in [0.1, 0.15) is 52.4 Å². The summed E-state index contributed by atoms with van der Waals surface area (Å²) in [4.78, 5) is 14.3. The topological polar surface area (TPSA) is 40.5 Å². The van der Waals surface area contributed by atoms with Gasteiger partial charge < -0.3 is 10.0 Å². The van der Waals surface area contributed by atoms with Gasteiger partial charge in [-0.3, -0.25) is 4.79 Å². The zero-order valence-corrected chi connectivity index (χ0v) is 14.1. The molecule has 6 atom stereocenters. The number of fused-ring (bicyclic) bond motifs is 5. The van der Waals surface area contributed by atoms with Gasteiger partial charge in [-0.25, -0.2) is 0 Å². The molecule has 3 fully saturated rings. The maximum atomic E-state index is 11.9. The number of hydrogen-bond donors (Lipinski definition) is 1. The van der Waals surface area contributed by atoms with Crippen LogP contribution in [0.5, 0.6) is 0 Å². The molecule has 1 saturated heterocycles. The van der Waals surface area contributed by atoms with Gasteiger partial charge in [-0.05, 0) is 55.3 Å². The minimum absolute atomic E-state index is 0.100. The Bertz CT molecular complexity index is 542. The van der Waals surface area contributed by atoms with Crippen LogP contribution in [-0.2, 0) is 4.79 Å². The smallest absolute Gasteiger partial charge is 0.157 e. The molecule has 4 aliphatic rings. The Morgan fingerprint density at radius 1 is 1.27 bits per heavy atom. The van der Waals surface area contributed by atoms with E-state index in [9.17, 15) is 9.90 Å². The Kier molecular flexibility index (Phi) is 3.08. The second-order valence-electron chi connectivity index (χ2n) is 8.96. The van der Waals surface area contributed by atoms with Gasteiger partial charge in [-0.15, -0.1) is 0 Å². The lowest BCUT2D eigenvalue weighted by Gasteiger charge is -2.59. The minimum atomic E-state index is -0.100. The fraction of sp³-hybridized carbons (Fsp3) is 0.842. The van der Waals surface area contributed by atoms with Crippen molar-refractivity contribution in [1.82, 2.24) is 4.90 Å². The van der Waals surface area contributed by atoms with Crippen molar-refractivity contribution in [2.75, 3.05) is 13.6 Å². The highest BCUT2D eigenvalue weighted by molar-refractivity contribution is 5.91. The van der Waals surface area contributed by atoms with Gasteiger partial charge in [0, 0.05) is 37.2 Å². The monoisotopic (exact) mass is 303 g/mol. The zero-order chi connectivity index (χ0) is 15.7. The first-order chi connectivity index (χ1) is 10.3. The van der Waals surface area contributed by atoms with E-state index in [0.717, 1.165) is 25.8 Å². The molecule has 3 heteroatoms. The molecule has 0 bridgehead atoms. The average molecular weight is 303 g/mol. The van der Waals surface area contributed by atoms with Crippen LogP contribution in [0.25, 0.3) is 0 Å². The first-order valence-electron chi connectivity index (χ1n) is 8.98. The van der Waals surface area contributed by atoms with E-state index in [0.29, 0.717) is 35.4 Å². The Hall–Kier alpha value is -0.830. The Labute approximate surface area is 133 Å². The fourth-order valence-electron chi connectivity index (χ4n) is 6.59. The number of rotatable bonds is 0. The average Bonchev–Trinajstić information content (AvgIpc) is 2.76. The van der Waals surface area contributed by atoms with E-state index in [2.05, 4.69) is 25.8 Å². The van der Waals surface area contributed by atoms with Gasteiger partial charge in [-0.1, -0.05) is 13.8 Å². The molecule has 122 valence electrons. The highest BCUT2D eigenvalue weighted by Crippen LogP contribution is 2.63. The second kappa shape index (κ2) is 4.59. The Morgan fingerprint density at radius 2 is 2.05 bits per heavy atom. The van der Waals surface area contributed by atoms with Gasteiger partial charge in [0.05, 0.1) is 6.10 Å². The molecule has 2 saturated carbocycles. The number of hydrogen-bond acceptors (Lipinski definition) is 3. The number of aliphatic hydroxyl groups is 1. The molecule has 0 radical (unpaired) electrons. The molecule has 1 aliphatic heterocycles. The summed E-state index contributed by atoms with van der Waals surface area (Å²) >= 11 is 0. The number of allylic oxidation sites excluding steroid dienone is 2. The van der Waals surface area contributed by atoms with Gasteiger partial charge in [0.1, 0.15) is 0 Å². The lowest BCUT2D eigenvalue weighted by molar-refractivity contribution is -0.118. The number of nitrogens with zero attached hydrogens (tertiary/aromatic N) is 1. The van der Waals surface area contributed by atoms with E-state index in [1.165, 1.54) is 18.5 Å². The van der Waals surface area contributed by atoms with Gasteiger partial charge in [-0.2, -0.15) is 0 Å². The van der Waals surface area contributed by atoms with Gasteiger partial charge >= 0.3 is 0 Å². The van der Waals surface area contributed by atoms with Crippen LogP contribution >= 0.6 is 0 Å². The summed E-state index contributed by atoms with van der Waals surface area (Å²) in [5.41, 5.74) is 1.79. The predicted molar refractivity (Wildman–Crippen MR) is 86.1 cm³/mol. The molecule has 3 nitrogen and oxygen atoms in total. The molecule has 0 aromatic carbocycles. The first-order valence-corrected chi connectivity index (χ1v) is 8.98. The highest BCUT2D eigenvalue weighted by Gasteiger charge is 2.58. The molecule has 0 aromatic heterocycles. The number of carbonyl (C=O) groups excluding carboxylic acids is 1. The lowest BCUT2D eigenvalue weighted by atomic mass is 9.50. The fourth-order valence-corrected chi connectivity index (χ4v) is 6.59. The van der Waals surface area contributed by atoms with Crippen LogP contribution in [0.2, 0.25) is 0 Å². The summed E-state index contributed by atoms with van der Waals surface area (Å²) in [6.07, 6.45) is 8.03. The Morgan fingerprint density at radius 3 is 2.82 bits per heavy atom. The van der Waals surface area contributed by atoms with Gasteiger partial charge in [0.25, 0.3) is 0 Å². The van der Waals surface area contributed by atoms with Crippen molar-refractivity contribution in [3.8, 4) is 0 Å². The third-order valence-electron chi connectivity index (χ3n) is 7.67. The van der Waals surface area contributed by atoms with E-state index in [1.807, 2.05) is 6.08 Å². The minimum Gasteiger partial charge on any atom is -0.393 e. The van der Waals surface area contributed by atoms with Crippen molar-refractivity contribution in [2.24, 2.45) is 28.6 Å². The summed E-state index contributed by atoms with van der Waals surface area (Å²) in [7, 11) is 2.16. The molecule has 0 aromatic rings. The largest absolute Gasteiger partial charge is 0.393 e. The third kappa shape index (κ3) is 1.87. The number of aliphatic hydroxyl groups excluding tert-OH is 1. The standard InChI is InChI=1S/C19H29NO2/c1-18-6-5-15-14(16(18)8-13(22)10-18)11-20(3)17-9-12(21)4-7-19(15,17)2/h9,13-16,22H,4-8,10-11H2,1-3H3/t13-,14-,15+,16+,18-,19-/m1/s1. The van der Waals surface area contributed by atoms with Crippen LogP contribution in [0, 0.1) is 28.6 Å². The maximum Gasteiger partial charge on any atom is 0.157 e. The zero-order valence-electron chi connectivity index (χ0n) is 14.1. The van der Waals surface area contributed by atoms with Crippen LogP contribution in [0.15, 0.2) is 11.8 Å². The molecule has 1 N–H and O–H groups in total. The van der Waals surface area contributed by atoms with Crippen LogP contribution in [0.3, 0.4) is 0 Å². The first kappa shape index (κ1) is 14.7. The van der Waals surface area contributed by atoms with Crippen molar-refractivity contribution in [1.29, 1.82) is 0 Å². The van der Waals surface area contributed by atoms with Crippen LogP contribution in [-0.4, -0.2) is 35.5 Å². The molecule has 22 heavy (non-hydrogen) atoms. The molecule has 3 aliphatic carbocycles. The van der Waals surface area contributed by atoms with Crippen LogP contribution in [0.4, 0.5) is 0 Å². The lowest BCUT2D eigenvalue weighted by Crippen LogP contribution is -2.56. The predicted octanol–water partition coefficient (Wildman–Crippen LogP) is 2.99. The molecule has 0 amide bonds. The summed E-state index contributed by atoms with van der Waals surface area (Å²) in [6.45, 7) is 5.86. The SMILES string of the molecule is CN1C[C@H]2[C@@H]3C[C@@H](O)C[C@@]3(C)CC[C@@H]2[C@@]2(C)CCC(=O)C=C12. The quantitative estimate of drug-likeness (QED) is 0.748. The summed E-state index contributed by atoms with van der Waals surface area (Å²) in [5.74, 6) is 2.32. The van der Waals surface area contributed by atoms with Crippen molar-refractivity contribution >= 4 is 5.78 Å². The molecule has 0 spiro atoms. The van der Waals surface area contributed by atoms with Gasteiger partial charge in [0.15, 0.2) is 5.78 Å². The number of ketones is 1. The van der Waals surface area contributed by atoms with Crippen molar-refractivity contribution < 1.29 is 9.90 Å². The third-order valence-corrected chi connectivity index (χ3v) is 7.67. The maximum absolute atomic E-state index is 11.9. The van der Waals surface area contributed by atoms with E-state index >= 15 is 0 Å². The highest BCUT2D eigenvalue weighted by atomic mass is 16.3. The van der Waals surface area contributed by atoms with Crippen molar-refractivity contribution in [3.63, 3.8) is 0 Å². The summed E-state index contributed by atoms with van der Waals surface area (Å²) in [6, 6.07) is 0. The molecule has 0 unspecified atom stereocenters. The van der Waals surface area contributed by atoms with Crippen LogP contribution < -0.4 is 0 Å². The summed E-state index contributed by atoms with van der Waals surface area (Å²) < 4.78 is 0. The van der Waals surface area contributed by atoms with Crippen molar-refractivity contribution in [2.45, 2.75) is 58.5 Å². The molecule has 1 heterocycles. The molecular weight excluding hydrogens is 274 g/mol. The number of piperidine rings is 1. The second-order valence-corrected chi connectivity index (χ2v) is 8.96. The molecule has 4 rings (SSSR count). The van der Waals surface area contributed by atoms with E-state index in [-0.39, 0.29) is 11.5 Å². The van der Waals surface area contributed by atoms with Gasteiger partial charge in [0.2, 0.25) is 0 Å². The molecular formula is C19H29NO2. The van der Waals surface area contributed by atoms with Crippen molar-refractivity contribution in [3.05, 3.63) is 11.8 Å². The van der Waals surface area contributed by atoms with E-state index in [4.69, 9.17) is 0 Å². The summed E-state index contributed by atoms with van der Waals surface area (Å²) in [5, 5.41) is 10.2.